The Bertz CT molecular complexity index is 568. The zero-order valence-corrected chi connectivity index (χ0v) is 13.8. The standard InChI is InChI=1S/C13H22N2O3S2/c1-10-7-13(19-12(10)9-16)20(17,18)15(3)11-5-4-6-14(2)8-11/h7,11,16H,4-6,8-9H2,1-3H3. The highest BCUT2D eigenvalue weighted by Crippen LogP contribution is 2.30. The van der Waals surface area contributed by atoms with Gasteiger partial charge in [-0.3, -0.25) is 0 Å². The van der Waals surface area contributed by atoms with Crippen LogP contribution in [0.2, 0.25) is 0 Å². The number of nitrogens with zero attached hydrogens (tertiary/aromatic N) is 2. The van der Waals surface area contributed by atoms with Gasteiger partial charge < -0.3 is 10.0 Å². The van der Waals surface area contributed by atoms with Crippen molar-refractivity contribution in [2.45, 2.75) is 36.6 Å². The average Bonchev–Trinajstić information content (AvgIpc) is 2.79. The van der Waals surface area contributed by atoms with Crippen molar-refractivity contribution < 1.29 is 13.5 Å². The molecule has 0 radical (unpaired) electrons. The van der Waals surface area contributed by atoms with Crippen LogP contribution in [0.5, 0.6) is 0 Å². The van der Waals surface area contributed by atoms with Gasteiger partial charge in [-0.15, -0.1) is 11.3 Å². The molecular formula is C13H22N2O3S2. The quantitative estimate of drug-likeness (QED) is 0.908. The Hall–Kier alpha value is -0.470. The molecule has 1 aromatic heterocycles. The summed E-state index contributed by atoms with van der Waals surface area (Å²) in [5.74, 6) is 0. The van der Waals surface area contributed by atoms with E-state index in [1.54, 1.807) is 13.1 Å². The molecule has 2 rings (SSSR count). The van der Waals surface area contributed by atoms with Crippen molar-refractivity contribution in [1.29, 1.82) is 0 Å². The first-order valence-electron chi connectivity index (χ1n) is 6.73. The number of hydrogen-bond acceptors (Lipinski definition) is 5. The summed E-state index contributed by atoms with van der Waals surface area (Å²) in [5.41, 5.74) is 0.838. The molecule has 7 heteroatoms. The van der Waals surface area contributed by atoms with Gasteiger partial charge in [0.15, 0.2) is 0 Å². The summed E-state index contributed by atoms with van der Waals surface area (Å²) >= 11 is 1.17. The Kier molecular flexibility index (Phi) is 4.86. The molecule has 114 valence electrons. The van der Waals surface area contributed by atoms with Crippen LogP contribution in [-0.4, -0.2) is 56.0 Å². The fourth-order valence-electron chi connectivity index (χ4n) is 2.55. The zero-order chi connectivity index (χ0) is 14.9. The van der Waals surface area contributed by atoms with E-state index in [-0.39, 0.29) is 12.6 Å². The topological polar surface area (TPSA) is 60.9 Å². The maximum absolute atomic E-state index is 12.7. The summed E-state index contributed by atoms with van der Waals surface area (Å²) in [7, 11) is 0.219. The van der Waals surface area contributed by atoms with E-state index in [9.17, 15) is 13.5 Å². The number of sulfonamides is 1. The van der Waals surface area contributed by atoms with E-state index < -0.39 is 10.0 Å². The van der Waals surface area contributed by atoms with Crippen molar-refractivity contribution >= 4 is 21.4 Å². The maximum Gasteiger partial charge on any atom is 0.252 e. The molecule has 0 spiro atoms. The first-order chi connectivity index (χ1) is 9.36. The monoisotopic (exact) mass is 318 g/mol. The highest BCUT2D eigenvalue weighted by molar-refractivity contribution is 7.91. The van der Waals surface area contributed by atoms with E-state index in [0.717, 1.165) is 36.4 Å². The van der Waals surface area contributed by atoms with Gasteiger partial charge in [-0.1, -0.05) is 0 Å². The number of aliphatic hydroxyl groups excluding tert-OH is 1. The SMILES string of the molecule is Cc1cc(S(=O)(=O)N(C)C2CCCN(C)C2)sc1CO. The second kappa shape index (κ2) is 6.11. The fourth-order valence-corrected chi connectivity index (χ4v) is 5.56. The number of aliphatic hydroxyl groups is 1. The molecule has 1 aliphatic rings. The fraction of sp³-hybridized carbons (Fsp3) is 0.692. The Morgan fingerprint density at radius 3 is 2.80 bits per heavy atom. The third kappa shape index (κ3) is 3.07. The van der Waals surface area contributed by atoms with Crippen LogP contribution < -0.4 is 0 Å². The van der Waals surface area contributed by atoms with E-state index in [1.165, 1.54) is 15.6 Å². The largest absolute Gasteiger partial charge is 0.391 e. The Morgan fingerprint density at radius 2 is 2.25 bits per heavy atom. The summed E-state index contributed by atoms with van der Waals surface area (Å²) in [6, 6.07) is 1.69. The molecule has 2 heterocycles. The first kappa shape index (κ1) is 15.9. The molecule has 1 aromatic rings. The number of hydrogen-bond donors (Lipinski definition) is 1. The summed E-state index contributed by atoms with van der Waals surface area (Å²) < 4.78 is 27.1. The van der Waals surface area contributed by atoms with E-state index >= 15 is 0 Å². The predicted octanol–water partition coefficient (Wildman–Crippen LogP) is 1.26. The Labute approximate surface area is 124 Å². The van der Waals surface area contributed by atoms with Crippen molar-refractivity contribution in [3.63, 3.8) is 0 Å². The summed E-state index contributed by atoms with van der Waals surface area (Å²) in [5, 5.41) is 9.21. The van der Waals surface area contributed by atoms with Crippen molar-refractivity contribution in [1.82, 2.24) is 9.21 Å². The minimum absolute atomic E-state index is 0.0266. The van der Waals surface area contributed by atoms with Gasteiger partial charge in [0.05, 0.1) is 6.61 Å². The molecule has 0 saturated carbocycles. The number of likely N-dealkylation sites (N-methyl/N-ethyl adjacent to an activating group) is 2. The minimum Gasteiger partial charge on any atom is -0.391 e. The number of aryl methyl sites for hydroxylation is 1. The minimum atomic E-state index is -3.46. The Balaban J connectivity index is 2.24. The number of rotatable bonds is 4. The van der Waals surface area contributed by atoms with Crippen molar-refractivity contribution in [2.75, 3.05) is 27.2 Å². The van der Waals surface area contributed by atoms with Crippen LogP contribution in [-0.2, 0) is 16.6 Å². The second-order valence-electron chi connectivity index (χ2n) is 5.41. The van der Waals surface area contributed by atoms with Gasteiger partial charge in [0.25, 0.3) is 10.0 Å². The number of thiophene rings is 1. The molecule has 20 heavy (non-hydrogen) atoms. The highest BCUT2D eigenvalue weighted by atomic mass is 32.2. The average molecular weight is 318 g/mol. The molecule has 1 fully saturated rings. The molecule has 0 amide bonds. The van der Waals surface area contributed by atoms with Gasteiger partial charge in [0.2, 0.25) is 0 Å². The van der Waals surface area contributed by atoms with Crippen LogP contribution in [0.1, 0.15) is 23.3 Å². The first-order valence-corrected chi connectivity index (χ1v) is 8.98. The van der Waals surface area contributed by atoms with Gasteiger partial charge in [-0.25, -0.2) is 8.42 Å². The third-order valence-electron chi connectivity index (χ3n) is 3.89. The normalized spacial score (nSPS) is 21.6. The van der Waals surface area contributed by atoms with Crippen LogP contribution in [0, 0.1) is 6.92 Å². The molecule has 1 N–H and O–H groups in total. The molecule has 1 atom stereocenters. The number of likely N-dealkylation sites (tertiary alicyclic amines) is 1. The predicted molar refractivity (Wildman–Crippen MR) is 80.4 cm³/mol. The van der Waals surface area contributed by atoms with Crippen LogP contribution in [0.3, 0.4) is 0 Å². The molecule has 1 saturated heterocycles. The summed E-state index contributed by atoms with van der Waals surface area (Å²) in [4.78, 5) is 2.89. The molecule has 0 aliphatic carbocycles. The molecule has 1 aliphatic heterocycles. The van der Waals surface area contributed by atoms with E-state index in [0.29, 0.717) is 4.21 Å². The van der Waals surface area contributed by atoms with Gasteiger partial charge >= 0.3 is 0 Å². The van der Waals surface area contributed by atoms with Crippen molar-refractivity contribution in [3.05, 3.63) is 16.5 Å². The smallest absolute Gasteiger partial charge is 0.252 e. The molecular weight excluding hydrogens is 296 g/mol. The third-order valence-corrected chi connectivity index (χ3v) is 7.47. The summed E-state index contributed by atoms with van der Waals surface area (Å²) in [6.45, 7) is 3.52. The second-order valence-corrected chi connectivity index (χ2v) is 8.77. The zero-order valence-electron chi connectivity index (χ0n) is 12.2. The van der Waals surface area contributed by atoms with Crippen LogP contribution in [0.25, 0.3) is 0 Å². The van der Waals surface area contributed by atoms with E-state index in [4.69, 9.17) is 0 Å². The van der Waals surface area contributed by atoms with Gasteiger partial charge in [0, 0.05) is 24.5 Å². The lowest BCUT2D eigenvalue weighted by molar-refractivity contribution is 0.188. The van der Waals surface area contributed by atoms with Crippen LogP contribution in [0.15, 0.2) is 10.3 Å². The lowest BCUT2D eigenvalue weighted by atomic mass is 10.1. The van der Waals surface area contributed by atoms with E-state index in [1.807, 2.05) is 14.0 Å². The van der Waals surface area contributed by atoms with Crippen LogP contribution >= 0.6 is 11.3 Å². The van der Waals surface area contributed by atoms with Crippen molar-refractivity contribution in [2.24, 2.45) is 0 Å². The van der Waals surface area contributed by atoms with Gasteiger partial charge in [-0.2, -0.15) is 4.31 Å². The lowest BCUT2D eigenvalue weighted by Crippen LogP contribution is -2.47. The maximum atomic E-state index is 12.7. The van der Waals surface area contributed by atoms with Crippen LogP contribution in [0.4, 0.5) is 0 Å². The van der Waals surface area contributed by atoms with Crippen molar-refractivity contribution in [3.8, 4) is 0 Å². The summed E-state index contributed by atoms with van der Waals surface area (Å²) in [6.07, 6.45) is 1.92. The lowest BCUT2D eigenvalue weighted by Gasteiger charge is -2.34. The molecule has 0 aromatic carbocycles. The number of piperidine rings is 1. The highest BCUT2D eigenvalue weighted by Gasteiger charge is 2.31. The van der Waals surface area contributed by atoms with Gasteiger partial charge in [0.1, 0.15) is 4.21 Å². The molecule has 0 bridgehead atoms. The molecule has 1 unspecified atom stereocenters. The van der Waals surface area contributed by atoms with E-state index in [2.05, 4.69) is 4.90 Å². The van der Waals surface area contributed by atoms with Gasteiger partial charge in [-0.05, 0) is 45.0 Å². The molecule has 5 nitrogen and oxygen atoms in total. The Morgan fingerprint density at radius 1 is 1.55 bits per heavy atom.